The summed E-state index contributed by atoms with van der Waals surface area (Å²) in [5.74, 6) is 1.47. The Morgan fingerprint density at radius 3 is 2.55 bits per heavy atom. The minimum absolute atomic E-state index is 0.0350. The minimum atomic E-state index is -0.456. The van der Waals surface area contributed by atoms with Gasteiger partial charge in [-0.3, -0.25) is 10.1 Å². The Bertz CT molecular complexity index is 461. The molecule has 0 aliphatic rings. The molecule has 0 unspecified atom stereocenters. The maximum absolute atomic E-state index is 11.0. The first kappa shape index (κ1) is 16.2. The Hall–Kier alpha value is -1.82. The van der Waals surface area contributed by atoms with Gasteiger partial charge in [0.1, 0.15) is 0 Å². The number of hydrogen-bond donors (Lipinski definition) is 1. The number of nitrogens with two attached hydrogens (primary N) is 1. The fourth-order valence-electron chi connectivity index (χ4n) is 1.87. The van der Waals surface area contributed by atoms with E-state index in [9.17, 15) is 10.1 Å². The summed E-state index contributed by atoms with van der Waals surface area (Å²) in [4.78, 5) is 10.5. The van der Waals surface area contributed by atoms with E-state index >= 15 is 0 Å². The summed E-state index contributed by atoms with van der Waals surface area (Å²) in [6.07, 6.45) is 1.94. The molecule has 0 heterocycles. The third kappa shape index (κ3) is 4.38. The quantitative estimate of drug-likeness (QED) is 0.450. The summed E-state index contributed by atoms with van der Waals surface area (Å²) < 4.78 is 10.8. The molecule has 20 heavy (non-hydrogen) atoms. The second-order valence-corrected chi connectivity index (χ2v) is 4.98. The lowest BCUT2D eigenvalue weighted by atomic mass is 10.1. The lowest BCUT2D eigenvalue weighted by molar-refractivity contribution is -0.385. The van der Waals surface area contributed by atoms with Crippen LogP contribution in [0.1, 0.15) is 32.3 Å². The number of nitro groups is 1. The topological polar surface area (TPSA) is 87.6 Å². The highest BCUT2D eigenvalue weighted by atomic mass is 16.6. The molecular formula is C14H22N2O4. The van der Waals surface area contributed by atoms with Gasteiger partial charge in [-0.2, -0.15) is 0 Å². The number of benzene rings is 1. The average Bonchev–Trinajstić information content (AvgIpc) is 2.42. The smallest absolute Gasteiger partial charge is 0.277 e. The average molecular weight is 282 g/mol. The summed E-state index contributed by atoms with van der Waals surface area (Å²) in [7, 11) is 1.50. The van der Waals surface area contributed by atoms with Crippen molar-refractivity contribution in [1.29, 1.82) is 0 Å². The molecule has 1 aromatic carbocycles. The van der Waals surface area contributed by atoms with Gasteiger partial charge in [-0.05, 0) is 24.8 Å². The number of nitrogens with zero attached hydrogens (tertiary/aromatic N) is 1. The lowest BCUT2D eigenvalue weighted by Crippen LogP contribution is -2.06. The molecule has 0 saturated heterocycles. The van der Waals surface area contributed by atoms with Crippen LogP contribution in [0.15, 0.2) is 12.1 Å². The highest BCUT2D eigenvalue weighted by molar-refractivity contribution is 5.54. The summed E-state index contributed by atoms with van der Waals surface area (Å²) in [6, 6.07) is 2.95. The van der Waals surface area contributed by atoms with Crippen molar-refractivity contribution in [3.63, 3.8) is 0 Å². The van der Waals surface area contributed by atoms with Crippen LogP contribution in [0.5, 0.6) is 11.5 Å². The van der Waals surface area contributed by atoms with E-state index in [1.807, 2.05) is 0 Å². The molecule has 0 fully saturated rings. The van der Waals surface area contributed by atoms with Gasteiger partial charge in [0.15, 0.2) is 11.5 Å². The van der Waals surface area contributed by atoms with Crippen molar-refractivity contribution < 1.29 is 14.4 Å². The SMILES string of the molecule is COc1cc(CN)c([N+](=O)[O-])cc1OCCCC(C)C. The molecule has 6 nitrogen and oxygen atoms in total. The zero-order valence-electron chi connectivity index (χ0n) is 12.2. The second kappa shape index (κ2) is 7.69. The summed E-state index contributed by atoms with van der Waals surface area (Å²) in [5, 5.41) is 11.0. The molecular weight excluding hydrogens is 260 g/mol. The molecule has 0 radical (unpaired) electrons. The molecule has 2 N–H and O–H groups in total. The number of rotatable bonds is 8. The molecule has 0 amide bonds. The van der Waals surface area contributed by atoms with Gasteiger partial charge in [0.25, 0.3) is 5.69 Å². The van der Waals surface area contributed by atoms with Crippen LogP contribution >= 0.6 is 0 Å². The molecule has 0 atom stereocenters. The van der Waals surface area contributed by atoms with Crippen molar-refractivity contribution >= 4 is 5.69 Å². The predicted molar refractivity (Wildman–Crippen MR) is 77.1 cm³/mol. The van der Waals surface area contributed by atoms with E-state index in [0.29, 0.717) is 29.6 Å². The molecule has 6 heteroatoms. The van der Waals surface area contributed by atoms with E-state index in [0.717, 1.165) is 12.8 Å². The van der Waals surface area contributed by atoms with Crippen LogP contribution in [-0.4, -0.2) is 18.6 Å². The molecule has 0 aliphatic carbocycles. The van der Waals surface area contributed by atoms with E-state index in [-0.39, 0.29) is 12.2 Å². The Morgan fingerprint density at radius 1 is 1.35 bits per heavy atom. The van der Waals surface area contributed by atoms with Gasteiger partial charge < -0.3 is 15.2 Å². The first-order chi connectivity index (χ1) is 9.49. The third-order valence-electron chi connectivity index (χ3n) is 2.96. The van der Waals surface area contributed by atoms with E-state index in [1.165, 1.54) is 13.2 Å². The van der Waals surface area contributed by atoms with Crippen LogP contribution < -0.4 is 15.2 Å². The van der Waals surface area contributed by atoms with Gasteiger partial charge >= 0.3 is 0 Å². The molecule has 1 aromatic rings. The van der Waals surface area contributed by atoms with Crippen molar-refractivity contribution in [3.8, 4) is 11.5 Å². The van der Waals surface area contributed by atoms with Gasteiger partial charge in [-0.25, -0.2) is 0 Å². The van der Waals surface area contributed by atoms with E-state index in [4.69, 9.17) is 15.2 Å². The zero-order valence-corrected chi connectivity index (χ0v) is 12.2. The van der Waals surface area contributed by atoms with Crippen LogP contribution in [0.4, 0.5) is 5.69 Å². The van der Waals surface area contributed by atoms with Crippen LogP contribution in [0.25, 0.3) is 0 Å². The predicted octanol–water partition coefficient (Wildman–Crippen LogP) is 2.88. The summed E-state index contributed by atoms with van der Waals surface area (Å²) in [5.41, 5.74) is 5.91. The normalized spacial score (nSPS) is 10.7. The molecule has 0 aromatic heterocycles. The Balaban J connectivity index is 2.88. The Labute approximate surface area is 119 Å². The van der Waals surface area contributed by atoms with Crippen molar-refractivity contribution in [2.24, 2.45) is 11.7 Å². The molecule has 1 rings (SSSR count). The largest absolute Gasteiger partial charge is 0.493 e. The molecule has 0 aliphatic heterocycles. The van der Waals surface area contributed by atoms with Crippen molar-refractivity contribution in [1.82, 2.24) is 0 Å². The highest BCUT2D eigenvalue weighted by Crippen LogP contribution is 2.34. The second-order valence-electron chi connectivity index (χ2n) is 4.98. The summed E-state index contributed by atoms with van der Waals surface area (Å²) >= 11 is 0. The van der Waals surface area contributed by atoms with Crippen molar-refractivity contribution in [2.45, 2.75) is 33.2 Å². The van der Waals surface area contributed by atoms with E-state index in [1.54, 1.807) is 6.07 Å². The number of nitro benzene ring substituents is 1. The zero-order chi connectivity index (χ0) is 15.1. The van der Waals surface area contributed by atoms with Gasteiger partial charge in [-0.1, -0.05) is 13.8 Å². The molecule has 112 valence electrons. The van der Waals surface area contributed by atoms with Gasteiger partial charge in [0.2, 0.25) is 0 Å². The maximum Gasteiger partial charge on any atom is 0.277 e. The molecule has 0 saturated carbocycles. The first-order valence-corrected chi connectivity index (χ1v) is 6.67. The fourth-order valence-corrected chi connectivity index (χ4v) is 1.87. The third-order valence-corrected chi connectivity index (χ3v) is 2.96. The fraction of sp³-hybridized carbons (Fsp3) is 0.571. The van der Waals surface area contributed by atoms with E-state index in [2.05, 4.69) is 13.8 Å². The minimum Gasteiger partial charge on any atom is -0.493 e. The number of hydrogen-bond acceptors (Lipinski definition) is 5. The van der Waals surface area contributed by atoms with Gasteiger partial charge in [0, 0.05) is 12.1 Å². The van der Waals surface area contributed by atoms with Crippen LogP contribution in [0.3, 0.4) is 0 Å². The monoisotopic (exact) mass is 282 g/mol. The maximum atomic E-state index is 11.0. The van der Waals surface area contributed by atoms with Crippen molar-refractivity contribution in [2.75, 3.05) is 13.7 Å². The van der Waals surface area contributed by atoms with Crippen LogP contribution in [0, 0.1) is 16.0 Å². The van der Waals surface area contributed by atoms with Gasteiger partial charge in [-0.15, -0.1) is 0 Å². The van der Waals surface area contributed by atoms with E-state index < -0.39 is 4.92 Å². The highest BCUT2D eigenvalue weighted by Gasteiger charge is 2.18. The summed E-state index contributed by atoms with van der Waals surface area (Å²) in [6.45, 7) is 4.87. The van der Waals surface area contributed by atoms with Crippen LogP contribution in [-0.2, 0) is 6.54 Å². The van der Waals surface area contributed by atoms with Crippen LogP contribution in [0.2, 0.25) is 0 Å². The standard InChI is InChI=1S/C14H22N2O4/c1-10(2)5-4-6-20-14-8-12(16(17)18)11(9-15)7-13(14)19-3/h7-8,10H,4-6,9,15H2,1-3H3. The molecule has 0 spiro atoms. The lowest BCUT2D eigenvalue weighted by Gasteiger charge is -2.12. The first-order valence-electron chi connectivity index (χ1n) is 6.67. The number of ether oxygens (including phenoxy) is 2. The number of methoxy groups -OCH3 is 1. The van der Waals surface area contributed by atoms with Crippen molar-refractivity contribution in [3.05, 3.63) is 27.8 Å². The Kier molecular flexibility index (Phi) is 6.24. The van der Waals surface area contributed by atoms with Gasteiger partial charge in [0.05, 0.1) is 24.7 Å². The molecule has 0 bridgehead atoms. The Morgan fingerprint density at radius 2 is 2.05 bits per heavy atom.